The number of aliphatic hydroxyl groups is 1. The molecule has 1 aromatic heterocycles. The zero-order valence-corrected chi connectivity index (χ0v) is 26.1. The normalized spacial score (nSPS) is 11.9. The minimum absolute atomic E-state index is 0. The minimum Gasteiger partial charge on any atom is -0.512 e. The zero-order valence-electron chi connectivity index (χ0n) is 23.7. The van der Waals surface area contributed by atoms with Crippen molar-refractivity contribution in [1.29, 1.82) is 0 Å². The molecule has 4 heteroatoms. The van der Waals surface area contributed by atoms with Crippen molar-refractivity contribution in [3.8, 4) is 33.5 Å². The van der Waals surface area contributed by atoms with Gasteiger partial charge in [-0.15, -0.1) is 29.8 Å². The number of nitrogens with zero attached hydrogens (tertiary/aromatic N) is 1. The number of ketones is 1. The van der Waals surface area contributed by atoms with E-state index in [0.29, 0.717) is 30.6 Å². The maximum Gasteiger partial charge on any atom is 0.159 e. The monoisotopic (exact) mass is 697 g/mol. The van der Waals surface area contributed by atoms with Gasteiger partial charge in [-0.2, -0.15) is 0 Å². The van der Waals surface area contributed by atoms with Crippen LogP contribution < -0.4 is 0 Å². The molecule has 0 unspecified atom stereocenters. The molecule has 0 amide bonds. The van der Waals surface area contributed by atoms with Crippen LogP contribution in [-0.4, -0.2) is 15.9 Å². The Bertz CT molecular complexity index is 1430. The van der Waals surface area contributed by atoms with Crippen molar-refractivity contribution >= 4 is 16.6 Å². The van der Waals surface area contributed by atoms with Gasteiger partial charge in [0.25, 0.3) is 0 Å². The summed E-state index contributed by atoms with van der Waals surface area (Å²) in [7, 11) is 0. The Morgan fingerprint density at radius 2 is 1.49 bits per heavy atom. The van der Waals surface area contributed by atoms with E-state index < -0.39 is 0 Å². The van der Waals surface area contributed by atoms with Gasteiger partial charge in [0.2, 0.25) is 0 Å². The summed E-state index contributed by atoms with van der Waals surface area (Å²) < 4.78 is 0. The Morgan fingerprint density at radius 3 is 2.13 bits per heavy atom. The van der Waals surface area contributed by atoms with Gasteiger partial charge in [0, 0.05) is 45.2 Å². The SMILES string of the molecule is CC(C)CC(=O)/C=C(\O)CC(C)C.CC(C)c1ccc2c3c(nccc13)-c1[c-]cccc1-c1ccccc1-2.[Ir]. The molecule has 0 aliphatic heterocycles. The van der Waals surface area contributed by atoms with Gasteiger partial charge < -0.3 is 10.1 Å². The van der Waals surface area contributed by atoms with Crippen LogP contribution in [-0.2, 0) is 24.9 Å². The third kappa shape index (κ3) is 6.93. The summed E-state index contributed by atoms with van der Waals surface area (Å²) in [6.07, 6.45) is 4.40. The Hall–Kier alpha value is -3.07. The molecule has 1 aliphatic carbocycles. The second-order valence-corrected chi connectivity index (χ2v) is 11.2. The summed E-state index contributed by atoms with van der Waals surface area (Å²) in [6, 6.07) is 25.1. The molecule has 1 heterocycles. The summed E-state index contributed by atoms with van der Waals surface area (Å²) in [5, 5.41) is 11.9. The molecule has 0 atom stereocenters. The number of aromatic nitrogens is 1. The van der Waals surface area contributed by atoms with Gasteiger partial charge in [0.1, 0.15) is 0 Å². The van der Waals surface area contributed by atoms with Gasteiger partial charge in [-0.05, 0) is 57.0 Å². The second-order valence-electron chi connectivity index (χ2n) is 11.2. The molecular weight excluding hydrogens is 659 g/mol. The van der Waals surface area contributed by atoms with Crippen LogP contribution in [0.5, 0.6) is 0 Å². The van der Waals surface area contributed by atoms with Crippen LogP contribution in [0.3, 0.4) is 0 Å². The molecular formula is C35H38IrNO2-. The maximum absolute atomic E-state index is 11.2. The second kappa shape index (κ2) is 13.3. The van der Waals surface area contributed by atoms with Gasteiger partial charge in [-0.25, -0.2) is 0 Å². The number of hydrogen-bond donors (Lipinski definition) is 1. The van der Waals surface area contributed by atoms with Crippen LogP contribution in [0.4, 0.5) is 0 Å². The summed E-state index contributed by atoms with van der Waals surface area (Å²) in [5.41, 5.74) is 8.52. The van der Waals surface area contributed by atoms with Crippen molar-refractivity contribution < 1.29 is 30.0 Å². The first kappa shape index (κ1) is 30.5. The number of carbonyl (C=O) groups is 1. The van der Waals surface area contributed by atoms with E-state index in [9.17, 15) is 9.90 Å². The molecule has 1 aliphatic rings. The number of carbonyl (C=O) groups excluding carboxylic acids is 1. The standard InChI is InChI=1S/C24H18N.C11H20O2.Ir/c1-15(2)16-11-12-20-18-8-4-3-7-17(18)19-9-5-6-10-22(19)24-23(20)21(16)13-14-25-24;1-8(2)5-10(12)7-11(13)6-9(3)4;/h3-9,11-15H,1-2H3;7-9,12H,5-6H2,1-4H3;/q-1;;/b;10-7-;. The van der Waals surface area contributed by atoms with Crippen LogP contribution >= 0.6 is 0 Å². The average Bonchev–Trinajstić information content (AvgIpc) is 2.98. The maximum atomic E-state index is 11.2. The van der Waals surface area contributed by atoms with E-state index in [2.05, 4.69) is 74.5 Å². The first-order chi connectivity index (χ1) is 18.2. The first-order valence-corrected chi connectivity index (χ1v) is 13.6. The van der Waals surface area contributed by atoms with E-state index in [-0.39, 0.29) is 31.6 Å². The number of aliphatic hydroxyl groups excluding tert-OH is 1. The zero-order chi connectivity index (χ0) is 27.4. The summed E-state index contributed by atoms with van der Waals surface area (Å²) >= 11 is 0. The predicted octanol–water partition coefficient (Wildman–Crippen LogP) is 9.56. The number of benzene rings is 3. The predicted molar refractivity (Wildman–Crippen MR) is 159 cm³/mol. The largest absolute Gasteiger partial charge is 0.512 e. The molecule has 0 spiro atoms. The summed E-state index contributed by atoms with van der Waals surface area (Å²) in [6.45, 7) is 12.5. The number of rotatable bonds is 6. The summed E-state index contributed by atoms with van der Waals surface area (Å²) in [4.78, 5) is 16.0. The molecule has 0 bridgehead atoms. The number of pyridine rings is 1. The molecule has 205 valence electrons. The van der Waals surface area contributed by atoms with Crippen LogP contribution in [0.1, 0.15) is 65.9 Å². The topological polar surface area (TPSA) is 50.2 Å². The molecule has 0 fully saturated rings. The fourth-order valence-corrected chi connectivity index (χ4v) is 5.17. The van der Waals surface area contributed by atoms with E-state index in [1.807, 2.05) is 40.0 Å². The Morgan fingerprint density at radius 1 is 0.846 bits per heavy atom. The molecule has 4 aromatic rings. The fourth-order valence-electron chi connectivity index (χ4n) is 5.17. The van der Waals surface area contributed by atoms with Gasteiger partial charge >= 0.3 is 0 Å². The number of hydrogen-bond acceptors (Lipinski definition) is 3. The molecule has 1 radical (unpaired) electrons. The third-order valence-corrected chi connectivity index (χ3v) is 6.74. The van der Waals surface area contributed by atoms with E-state index in [1.54, 1.807) is 0 Å². The van der Waals surface area contributed by atoms with Gasteiger partial charge in [0.15, 0.2) is 5.78 Å². The van der Waals surface area contributed by atoms with Crippen molar-refractivity contribution in [3.63, 3.8) is 0 Å². The smallest absolute Gasteiger partial charge is 0.159 e. The number of allylic oxidation sites excluding steroid dienone is 2. The van der Waals surface area contributed by atoms with Crippen LogP contribution in [0.2, 0.25) is 0 Å². The molecule has 0 saturated heterocycles. The summed E-state index contributed by atoms with van der Waals surface area (Å²) in [5.74, 6) is 1.45. The quantitative estimate of drug-likeness (QED) is 0.109. The van der Waals surface area contributed by atoms with E-state index in [1.165, 1.54) is 44.7 Å². The molecule has 5 rings (SSSR count). The first-order valence-electron chi connectivity index (χ1n) is 13.6. The van der Waals surface area contributed by atoms with Crippen molar-refractivity contribution in [2.24, 2.45) is 11.8 Å². The van der Waals surface area contributed by atoms with Gasteiger partial charge in [0.05, 0.1) is 5.76 Å². The minimum atomic E-state index is 0. The molecule has 3 nitrogen and oxygen atoms in total. The van der Waals surface area contributed by atoms with Crippen molar-refractivity contribution in [1.82, 2.24) is 4.98 Å². The van der Waals surface area contributed by atoms with Crippen LogP contribution in [0, 0.1) is 17.9 Å². The Labute approximate surface area is 246 Å². The molecule has 1 N–H and O–H groups in total. The van der Waals surface area contributed by atoms with Crippen molar-refractivity contribution in [2.75, 3.05) is 0 Å². The van der Waals surface area contributed by atoms with Gasteiger partial charge in [-0.3, -0.25) is 4.79 Å². The van der Waals surface area contributed by atoms with Crippen LogP contribution in [0.25, 0.3) is 44.3 Å². The third-order valence-electron chi connectivity index (χ3n) is 6.74. The van der Waals surface area contributed by atoms with Crippen molar-refractivity contribution in [2.45, 2.75) is 60.3 Å². The fraction of sp³-hybridized carbons (Fsp3) is 0.314. The van der Waals surface area contributed by atoms with Crippen molar-refractivity contribution in [3.05, 3.63) is 90.3 Å². The number of fused-ring (bicyclic) bond motifs is 5. The van der Waals surface area contributed by atoms with Gasteiger partial charge in [-0.1, -0.05) is 89.1 Å². The molecule has 3 aromatic carbocycles. The van der Waals surface area contributed by atoms with Crippen LogP contribution in [0.15, 0.2) is 78.7 Å². The Balaban J connectivity index is 0.000000260. The molecule has 39 heavy (non-hydrogen) atoms. The van der Waals surface area contributed by atoms with E-state index in [0.717, 1.165) is 11.3 Å². The molecule has 0 saturated carbocycles. The Kier molecular flexibility index (Phi) is 10.4. The average molecular weight is 697 g/mol. The van der Waals surface area contributed by atoms with E-state index >= 15 is 0 Å². The van der Waals surface area contributed by atoms with E-state index in [4.69, 9.17) is 4.98 Å².